The molecule has 0 aliphatic heterocycles. The first-order valence-corrected chi connectivity index (χ1v) is 5.46. The van der Waals surface area contributed by atoms with Crippen LogP contribution in [0.5, 0.6) is 0 Å². The highest BCUT2D eigenvalue weighted by atomic mass is 16.6. The number of hydrogen-bond acceptors (Lipinski definition) is 3. The van der Waals surface area contributed by atoms with Crippen LogP contribution in [-0.2, 0) is 9.57 Å². The van der Waals surface area contributed by atoms with Gasteiger partial charge in [0.2, 0.25) is 0 Å². The summed E-state index contributed by atoms with van der Waals surface area (Å²) in [6, 6.07) is 0. The zero-order chi connectivity index (χ0) is 12.7. The van der Waals surface area contributed by atoms with Gasteiger partial charge in [0.25, 0.3) is 0 Å². The van der Waals surface area contributed by atoms with Crippen LogP contribution in [0.15, 0.2) is 58.9 Å². The highest BCUT2D eigenvalue weighted by Gasteiger charge is 2.01. The Bertz CT molecular complexity index is 447. The molecule has 0 unspecified atom stereocenters. The van der Waals surface area contributed by atoms with E-state index in [4.69, 9.17) is 9.57 Å². The lowest BCUT2D eigenvalue weighted by atomic mass is 10.1. The lowest BCUT2D eigenvalue weighted by Gasteiger charge is -2.02. The second kappa shape index (κ2) is 6.56. The largest absolute Gasteiger partial charge is 0.489 e. The molecule has 0 atom stereocenters. The summed E-state index contributed by atoms with van der Waals surface area (Å²) in [5.41, 5.74) is 4.72. The van der Waals surface area contributed by atoms with Crippen molar-refractivity contribution < 1.29 is 9.57 Å². The first-order chi connectivity index (χ1) is 8.17. The minimum Gasteiger partial charge on any atom is -0.489 e. The zero-order valence-electron chi connectivity index (χ0n) is 10.5. The Morgan fingerprint density at radius 2 is 2.24 bits per heavy atom. The van der Waals surface area contributed by atoms with Crippen molar-refractivity contribution in [2.24, 2.45) is 5.16 Å². The summed E-state index contributed by atoms with van der Waals surface area (Å²) in [5, 5.41) is 4.01. The maximum absolute atomic E-state index is 5.15. The van der Waals surface area contributed by atoms with Crippen molar-refractivity contribution in [2.75, 3.05) is 7.11 Å². The number of allylic oxidation sites excluding steroid dienone is 5. The van der Waals surface area contributed by atoms with Gasteiger partial charge in [-0.3, -0.25) is 0 Å². The Kier molecular flexibility index (Phi) is 5.05. The van der Waals surface area contributed by atoms with Crippen molar-refractivity contribution in [3.05, 3.63) is 53.7 Å². The summed E-state index contributed by atoms with van der Waals surface area (Å²) in [7, 11) is 1.61. The molecule has 0 N–H and O–H groups in total. The molecule has 1 aliphatic carbocycles. The lowest BCUT2D eigenvalue weighted by molar-refractivity contribution is 0.221. The fourth-order valence-electron chi connectivity index (χ4n) is 1.10. The van der Waals surface area contributed by atoms with Crippen molar-refractivity contribution in [1.29, 1.82) is 0 Å². The van der Waals surface area contributed by atoms with E-state index < -0.39 is 0 Å². The van der Waals surface area contributed by atoms with Crippen LogP contribution in [0.3, 0.4) is 0 Å². The molecule has 0 amide bonds. The van der Waals surface area contributed by atoms with Gasteiger partial charge < -0.3 is 9.57 Å². The van der Waals surface area contributed by atoms with Crippen LogP contribution in [0.1, 0.15) is 20.3 Å². The van der Waals surface area contributed by atoms with Gasteiger partial charge in [-0.05, 0) is 36.8 Å². The maximum Gasteiger partial charge on any atom is 0.161 e. The molecule has 0 fully saturated rings. The van der Waals surface area contributed by atoms with E-state index in [1.54, 1.807) is 13.2 Å². The molecular weight excluding hydrogens is 214 g/mol. The second-order valence-corrected chi connectivity index (χ2v) is 3.49. The Hall–Kier alpha value is -1.99. The summed E-state index contributed by atoms with van der Waals surface area (Å²) in [4.78, 5) is 5.15. The smallest absolute Gasteiger partial charge is 0.161 e. The minimum absolute atomic E-state index is 0.647. The first-order valence-electron chi connectivity index (χ1n) is 5.46. The predicted octanol–water partition coefficient (Wildman–Crippen LogP) is 3.48. The van der Waals surface area contributed by atoms with Crippen molar-refractivity contribution >= 4 is 5.71 Å². The molecule has 3 heteroatoms. The first kappa shape index (κ1) is 13.1. The lowest BCUT2D eigenvalue weighted by Crippen LogP contribution is -1.96. The molecule has 0 aromatic carbocycles. The topological polar surface area (TPSA) is 30.8 Å². The van der Waals surface area contributed by atoms with E-state index in [0.717, 1.165) is 17.7 Å². The normalized spacial score (nSPS) is 14.9. The second-order valence-electron chi connectivity index (χ2n) is 3.49. The Morgan fingerprint density at radius 3 is 2.88 bits per heavy atom. The predicted molar refractivity (Wildman–Crippen MR) is 69.5 cm³/mol. The molecular formula is C14H17NO2. The molecule has 1 aliphatic rings. The van der Waals surface area contributed by atoms with Gasteiger partial charge in [-0.15, -0.1) is 0 Å². The molecule has 3 nitrogen and oxygen atoms in total. The molecule has 0 radical (unpaired) electrons. The highest BCUT2D eigenvalue weighted by Crippen LogP contribution is 2.09. The van der Waals surface area contributed by atoms with Crippen LogP contribution >= 0.6 is 0 Å². The Balaban J connectivity index is 2.74. The standard InChI is InChI=1S/C14H17NO2/c1-5-11(2)17-15-12(3)13-7-6-8-14(16-4)10-9-13/h6-7,9-10H,2,5H2,1,3-4H3/b15-12+. The SMILES string of the molecule is C=C(CC)O/N=C(\C)C1=CC=C=C(OC)C=C1. The van der Waals surface area contributed by atoms with Gasteiger partial charge in [0.15, 0.2) is 5.76 Å². The molecule has 0 spiro atoms. The molecule has 0 saturated carbocycles. The molecule has 0 saturated heterocycles. The van der Waals surface area contributed by atoms with Crippen molar-refractivity contribution in [3.8, 4) is 0 Å². The third-order valence-electron chi connectivity index (χ3n) is 2.25. The Morgan fingerprint density at radius 1 is 1.47 bits per heavy atom. The van der Waals surface area contributed by atoms with E-state index in [1.165, 1.54) is 0 Å². The summed E-state index contributed by atoms with van der Waals surface area (Å²) < 4.78 is 5.08. The van der Waals surface area contributed by atoms with Crippen LogP contribution in [-0.4, -0.2) is 12.8 Å². The third-order valence-corrected chi connectivity index (χ3v) is 2.25. The third kappa shape index (κ3) is 4.17. The number of ether oxygens (including phenoxy) is 1. The summed E-state index contributed by atoms with van der Waals surface area (Å²) in [5.74, 6) is 1.33. The minimum atomic E-state index is 0.647. The van der Waals surface area contributed by atoms with E-state index in [1.807, 2.05) is 32.1 Å². The molecule has 17 heavy (non-hydrogen) atoms. The Labute approximate surface area is 102 Å². The van der Waals surface area contributed by atoms with Gasteiger partial charge in [0.1, 0.15) is 5.76 Å². The molecule has 0 aromatic heterocycles. The fraction of sp³-hybridized carbons (Fsp3) is 0.286. The van der Waals surface area contributed by atoms with Crippen molar-refractivity contribution in [3.63, 3.8) is 0 Å². The van der Waals surface area contributed by atoms with Crippen molar-refractivity contribution in [1.82, 2.24) is 0 Å². The van der Waals surface area contributed by atoms with E-state index >= 15 is 0 Å². The number of methoxy groups -OCH3 is 1. The molecule has 0 heterocycles. The fourth-order valence-corrected chi connectivity index (χ4v) is 1.10. The van der Waals surface area contributed by atoms with Crippen LogP contribution in [0.25, 0.3) is 0 Å². The number of oxime groups is 1. The molecule has 90 valence electrons. The van der Waals surface area contributed by atoms with Crippen LogP contribution in [0.2, 0.25) is 0 Å². The van der Waals surface area contributed by atoms with Gasteiger partial charge in [-0.1, -0.05) is 24.4 Å². The monoisotopic (exact) mass is 231 g/mol. The quantitative estimate of drug-likeness (QED) is 0.314. The summed E-state index contributed by atoms with van der Waals surface area (Å²) >= 11 is 0. The summed E-state index contributed by atoms with van der Waals surface area (Å²) in [6.07, 6.45) is 8.19. The van der Waals surface area contributed by atoms with E-state index in [2.05, 4.69) is 17.5 Å². The van der Waals surface area contributed by atoms with Crippen molar-refractivity contribution in [2.45, 2.75) is 20.3 Å². The average molecular weight is 231 g/mol. The highest BCUT2D eigenvalue weighted by molar-refractivity contribution is 6.00. The van der Waals surface area contributed by atoms with Gasteiger partial charge in [0, 0.05) is 6.42 Å². The van der Waals surface area contributed by atoms with Gasteiger partial charge >= 0.3 is 0 Å². The van der Waals surface area contributed by atoms with Gasteiger partial charge in [-0.25, -0.2) is 0 Å². The van der Waals surface area contributed by atoms with Crippen LogP contribution < -0.4 is 0 Å². The number of nitrogens with zero attached hydrogens (tertiary/aromatic N) is 1. The molecule has 0 bridgehead atoms. The van der Waals surface area contributed by atoms with E-state index in [9.17, 15) is 0 Å². The van der Waals surface area contributed by atoms with Crippen LogP contribution in [0.4, 0.5) is 0 Å². The average Bonchev–Trinajstić information content (AvgIpc) is 2.60. The van der Waals surface area contributed by atoms with Gasteiger partial charge in [-0.2, -0.15) is 0 Å². The van der Waals surface area contributed by atoms with E-state index in [0.29, 0.717) is 11.5 Å². The number of rotatable bonds is 5. The maximum atomic E-state index is 5.15. The van der Waals surface area contributed by atoms with Gasteiger partial charge in [0.05, 0.1) is 12.8 Å². The van der Waals surface area contributed by atoms with Crippen LogP contribution in [0, 0.1) is 0 Å². The number of hydrogen-bond donors (Lipinski definition) is 0. The summed E-state index contributed by atoms with van der Waals surface area (Å²) in [6.45, 7) is 7.57. The molecule has 0 aromatic rings. The molecule has 1 rings (SSSR count). The van der Waals surface area contributed by atoms with E-state index in [-0.39, 0.29) is 0 Å². The zero-order valence-corrected chi connectivity index (χ0v) is 10.5.